The van der Waals surface area contributed by atoms with E-state index in [2.05, 4.69) is 29.5 Å². The van der Waals surface area contributed by atoms with Gasteiger partial charge in [0.2, 0.25) is 0 Å². The van der Waals surface area contributed by atoms with E-state index in [1.165, 1.54) is 10.2 Å². The van der Waals surface area contributed by atoms with Crippen LogP contribution in [-0.4, -0.2) is 27.4 Å². The molecule has 0 aliphatic heterocycles. The lowest BCUT2D eigenvalue weighted by molar-refractivity contribution is -0.168. The number of halogens is 1. The van der Waals surface area contributed by atoms with Gasteiger partial charge in [0.15, 0.2) is 0 Å². The van der Waals surface area contributed by atoms with Gasteiger partial charge in [-0.15, -0.1) is 0 Å². The molecule has 4 aliphatic rings. The quantitative estimate of drug-likeness (QED) is 0.696. The molecule has 4 saturated carbocycles. The average molecular weight is 442 g/mol. The van der Waals surface area contributed by atoms with E-state index in [-0.39, 0.29) is 22.4 Å². The topological polar surface area (TPSA) is 84.2 Å². The monoisotopic (exact) mass is 441 g/mol. The normalized spacial score (nSPS) is 32.1. The minimum absolute atomic E-state index is 0.0927. The first kappa shape index (κ1) is 20.6. The van der Waals surface area contributed by atoms with Gasteiger partial charge in [0.05, 0.1) is 23.3 Å². The molecule has 0 spiro atoms. The second-order valence-corrected chi connectivity index (χ2v) is 10.2. The van der Waals surface area contributed by atoms with Crippen molar-refractivity contribution < 1.29 is 9.90 Å². The number of rotatable bonds is 6. The van der Waals surface area contributed by atoms with E-state index >= 15 is 0 Å². The summed E-state index contributed by atoms with van der Waals surface area (Å²) in [5.41, 5.74) is 0.566. The van der Waals surface area contributed by atoms with Crippen molar-refractivity contribution in [2.75, 3.05) is 11.9 Å². The number of hydrogen-bond donors (Lipinski definition) is 2. The second kappa shape index (κ2) is 7.66. The third kappa shape index (κ3) is 3.36. The number of nitrogens with one attached hydrogen (secondary N) is 1. The van der Waals surface area contributed by atoms with Gasteiger partial charge < -0.3 is 10.4 Å². The van der Waals surface area contributed by atoms with Gasteiger partial charge in [-0.05, 0) is 61.3 Å². The predicted molar refractivity (Wildman–Crippen MR) is 120 cm³/mol. The Hall–Kier alpha value is -2.34. The fourth-order valence-corrected chi connectivity index (χ4v) is 6.97. The molecule has 6 nitrogen and oxygen atoms in total. The van der Waals surface area contributed by atoms with Crippen LogP contribution in [-0.2, 0) is 10.3 Å². The van der Waals surface area contributed by atoms with Crippen LogP contribution in [0.3, 0.4) is 0 Å². The smallest absolute Gasteiger partial charge is 0.309 e. The first-order chi connectivity index (χ1) is 14.9. The van der Waals surface area contributed by atoms with Crippen molar-refractivity contribution in [3.05, 3.63) is 57.5 Å². The highest BCUT2D eigenvalue weighted by Gasteiger charge is 2.61. The Balaban J connectivity index is 1.44. The van der Waals surface area contributed by atoms with E-state index in [1.807, 2.05) is 18.2 Å². The van der Waals surface area contributed by atoms with Crippen molar-refractivity contribution in [3.63, 3.8) is 0 Å². The summed E-state index contributed by atoms with van der Waals surface area (Å²) in [5.74, 6) is -0.0684. The lowest BCUT2D eigenvalue weighted by Crippen LogP contribution is -2.63. The minimum Gasteiger partial charge on any atom is -0.481 e. The third-order valence-corrected chi connectivity index (χ3v) is 8.21. The minimum atomic E-state index is -0.812. The van der Waals surface area contributed by atoms with Gasteiger partial charge in [-0.2, -0.15) is 5.10 Å². The van der Waals surface area contributed by atoms with E-state index in [0.29, 0.717) is 36.9 Å². The number of nitrogens with zero attached hydrogens (tertiary/aromatic N) is 2. The Morgan fingerprint density at radius 2 is 1.94 bits per heavy atom. The third-order valence-electron chi connectivity index (χ3n) is 7.85. The molecule has 1 heterocycles. The molecule has 4 fully saturated rings. The molecule has 7 heteroatoms. The first-order valence-electron chi connectivity index (χ1n) is 11.2. The molecule has 0 radical (unpaired) electrons. The van der Waals surface area contributed by atoms with Crippen molar-refractivity contribution in [3.8, 4) is 0 Å². The van der Waals surface area contributed by atoms with Gasteiger partial charge in [0, 0.05) is 6.54 Å². The molecule has 4 atom stereocenters. The Kier molecular flexibility index (Phi) is 5.08. The zero-order valence-corrected chi connectivity index (χ0v) is 18.4. The molecule has 1 aromatic carbocycles. The number of aliphatic carboxylic acids is 1. The zero-order valence-electron chi connectivity index (χ0n) is 17.6. The lowest BCUT2D eigenvalue weighted by atomic mass is 9.48. The van der Waals surface area contributed by atoms with Gasteiger partial charge >= 0.3 is 5.97 Å². The summed E-state index contributed by atoms with van der Waals surface area (Å²) >= 11 is 6.51. The van der Waals surface area contributed by atoms with Crippen LogP contribution in [0.5, 0.6) is 0 Å². The summed E-state index contributed by atoms with van der Waals surface area (Å²) in [6.07, 6.45) is 6.06. The zero-order chi connectivity index (χ0) is 21.8. The Labute approximate surface area is 186 Å². The van der Waals surface area contributed by atoms with Crippen LogP contribution in [0.4, 0.5) is 5.69 Å². The van der Waals surface area contributed by atoms with Crippen molar-refractivity contribution in [1.29, 1.82) is 0 Å². The summed E-state index contributed by atoms with van der Waals surface area (Å²) in [6.45, 7) is 2.72. The van der Waals surface area contributed by atoms with E-state index in [9.17, 15) is 14.7 Å². The van der Waals surface area contributed by atoms with Crippen molar-refractivity contribution in [1.82, 2.24) is 9.78 Å². The predicted octanol–water partition coefficient (Wildman–Crippen LogP) is 4.35. The van der Waals surface area contributed by atoms with Crippen molar-refractivity contribution >= 4 is 23.3 Å². The van der Waals surface area contributed by atoms with Crippen molar-refractivity contribution in [2.45, 2.75) is 50.5 Å². The molecule has 4 aliphatic carbocycles. The highest BCUT2D eigenvalue weighted by molar-refractivity contribution is 6.32. The van der Waals surface area contributed by atoms with Crippen molar-refractivity contribution in [2.24, 2.45) is 23.7 Å². The molecule has 31 heavy (non-hydrogen) atoms. The molecule has 1 aromatic heterocycles. The molecular weight excluding hydrogens is 414 g/mol. The maximum atomic E-state index is 13.3. The van der Waals surface area contributed by atoms with Gasteiger partial charge in [-0.3, -0.25) is 9.59 Å². The van der Waals surface area contributed by atoms with Gasteiger partial charge in [-0.1, -0.05) is 48.9 Å². The Morgan fingerprint density at radius 3 is 2.58 bits per heavy atom. The summed E-state index contributed by atoms with van der Waals surface area (Å²) in [4.78, 5) is 25.6. The van der Waals surface area contributed by atoms with Crippen LogP contribution in [0.15, 0.2) is 41.3 Å². The molecular formula is C24H28ClN3O3. The van der Waals surface area contributed by atoms with Gasteiger partial charge in [0.25, 0.3) is 5.56 Å². The van der Waals surface area contributed by atoms with Gasteiger partial charge in [-0.25, -0.2) is 4.68 Å². The molecule has 4 bridgehead atoms. The number of benzene rings is 1. The number of anilines is 1. The Bertz CT molecular complexity index is 1040. The molecule has 2 aromatic rings. The SMILES string of the molecule is C[C@@H](CNc1cnn(C23C[C@@H]4CC(C[C@H](C4)C2)[C@H]3C(=O)O)c(=O)c1Cl)c1ccccc1. The van der Waals surface area contributed by atoms with E-state index in [0.717, 1.165) is 19.3 Å². The Morgan fingerprint density at radius 1 is 1.26 bits per heavy atom. The summed E-state index contributed by atoms with van der Waals surface area (Å²) in [5, 5.41) is 17.9. The summed E-state index contributed by atoms with van der Waals surface area (Å²) in [7, 11) is 0. The number of aromatic nitrogens is 2. The number of hydrogen-bond acceptors (Lipinski definition) is 4. The van der Waals surface area contributed by atoms with E-state index in [1.54, 1.807) is 6.20 Å². The average Bonchev–Trinajstić information content (AvgIpc) is 2.74. The first-order valence-corrected chi connectivity index (χ1v) is 11.6. The molecule has 2 N–H and O–H groups in total. The van der Waals surface area contributed by atoms with Crippen LogP contribution < -0.4 is 10.9 Å². The molecule has 0 amide bonds. The number of carboxylic acids is 1. The standard InChI is InChI=1S/C24H28ClN3O3/c1-14(17-5-3-2-4-6-17)12-26-19-13-27-28(22(29)21(19)25)24-10-15-7-16(11-24)9-18(8-15)20(24)23(30)31/h2-6,13-16,18,20,26H,7-12H2,1H3,(H,30,31)/t14-,15-,16-,18?,20-,24?/m0/s1. The van der Waals surface area contributed by atoms with Crippen LogP contribution in [0.2, 0.25) is 5.02 Å². The largest absolute Gasteiger partial charge is 0.481 e. The summed E-state index contributed by atoms with van der Waals surface area (Å²) in [6, 6.07) is 10.1. The molecule has 0 saturated heterocycles. The molecule has 164 valence electrons. The molecule has 6 rings (SSSR count). The maximum Gasteiger partial charge on any atom is 0.309 e. The second-order valence-electron chi connectivity index (χ2n) is 9.81. The number of carboxylic acid groups (broad SMARTS) is 1. The van der Waals surface area contributed by atoms with Crippen LogP contribution >= 0.6 is 11.6 Å². The fourth-order valence-electron chi connectivity index (χ4n) is 6.77. The lowest BCUT2D eigenvalue weighted by Gasteiger charge is -2.59. The van der Waals surface area contributed by atoms with Crippen LogP contribution in [0.25, 0.3) is 0 Å². The van der Waals surface area contributed by atoms with Gasteiger partial charge in [0.1, 0.15) is 5.02 Å². The highest BCUT2D eigenvalue weighted by Crippen LogP contribution is 2.61. The maximum absolute atomic E-state index is 13.3. The van der Waals surface area contributed by atoms with E-state index in [4.69, 9.17) is 11.6 Å². The van der Waals surface area contributed by atoms with Crippen LogP contribution in [0, 0.1) is 23.7 Å². The number of carbonyl (C=O) groups is 1. The molecule has 0 unspecified atom stereocenters. The summed E-state index contributed by atoms with van der Waals surface area (Å²) < 4.78 is 1.43. The highest BCUT2D eigenvalue weighted by atomic mass is 35.5. The fraction of sp³-hybridized carbons (Fsp3) is 0.542. The van der Waals surface area contributed by atoms with Crippen LogP contribution in [0.1, 0.15) is 50.5 Å². The van der Waals surface area contributed by atoms with E-state index < -0.39 is 17.4 Å².